The third-order valence-corrected chi connectivity index (χ3v) is 10.0. The molecule has 7 unspecified atom stereocenters. The van der Waals surface area contributed by atoms with Gasteiger partial charge in [0.2, 0.25) is 0 Å². The molecule has 3 saturated carbocycles. The highest BCUT2D eigenvalue weighted by atomic mass is 16.1. The van der Waals surface area contributed by atoms with E-state index in [1.807, 2.05) is 0 Å². The van der Waals surface area contributed by atoms with Crippen LogP contribution in [0.3, 0.4) is 0 Å². The quantitative estimate of drug-likeness (QED) is 0.521. The summed E-state index contributed by atoms with van der Waals surface area (Å²) in [6.07, 6.45) is 12.8. The molecule has 1 aromatic carbocycles. The molecule has 4 aliphatic carbocycles. The number of allylic oxidation sites excluding steroid dienone is 2. The van der Waals surface area contributed by atoms with Crippen molar-refractivity contribution in [2.45, 2.75) is 71.8 Å². The highest BCUT2D eigenvalue weighted by Crippen LogP contribution is 2.67. The molecule has 0 bridgehead atoms. The van der Waals surface area contributed by atoms with Crippen molar-refractivity contribution in [3.63, 3.8) is 0 Å². The Morgan fingerprint density at radius 1 is 1.10 bits per heavy atom. The van der Waals surface area contributed by atoms with Crippen molar-refractivity contribution in [2.75, 3.05) is 0 Å². The second-order valence-electron chi connectivity index (χ2n) is 11.3. The van der Waals surface area contributed by atoms with Gasteiger partial charge in [0.25, 0.3) is 0 Å². The molecule has 3 nitrogen and oxygen atoms in total. The number of fused-ring (bicyclic) bond motifs is 6. The summed E-state index contributed by atoms with van der Waals surface area (Å²) in [4.78, 5) is 17.4. The number of ketones is 1. The molecule has 1 aromatic heterocycles. The lowest BCUT2D eigenvalue weighted by Gasteiger charge is -2.57. The minimum absolute atomic E-state index is 0.119. The molecule has 3 fully saturated rings. The zero-order chi connectivity index (χ0) is 20.7. The average molecular weight is 403 g/mol. The SMILES string of the molecule is CC1CC2=CCC3C(CCC4(C)C3CCC4n3cnc4ccccc43)C2(C)CC1=O. The number of carbonyl (C=O) groups excluding carboxylic acids is 1. The van der Waals surface area contributed by atoms with Crippen molar-refractivity contribution in [3.05, 3.63) is 42.2 Å². The minimum Gasteiger partial charge on any atom is -0.327 e. The van der Waals surface area contributed by atoms with Crippen LogP contribution in [0.4, 0.5) is 0 Å². The zero-order valence-electron chi connectivity index (χ0n) is 18.6. The average Bonchev–Trinajstić information content (AvgIpc) is 3.29. The predicted octanol–water partition coefficient (Wildman–Crippen LogP) is 6.36. The summed E-state index contributed by atoms with van der Waals surface area (Å²) < 4.78 is 2.49. The first kappa shape index (κ1) is 18.8. The van der Waals surface area contributed by atoms with Gasteiger partial charge >= 0.3 is 0 Å². The van der Waals surface area contributed by atoms with E-state index < -0.39 is 0 Å². The van der Waals surface area contributed by atoms with Crippen molar-refractivity contribution in [3.8, 4) is 0 Å². The molecule has 4 aliphatic rings. The lowest BCUT2D eigenvalue weighted by Crippen LogP contribution is -2.51. The summed E-state index contributed by atoms with van der Waals surface area (Å²) in [5.74, 6) is 2.90. The van der Waals surface area contributed by atoms with Gasteiger partial charge < -0.3 is 4.57 Å². The minimum atomic E-state index is 0.119. The molecule has 2 aromatic rings. The lowest BCUT2D eigenvalue weighted by atomic mass is 9.47. The van der Waals surface area contributed by atoms with E-state index in [-0.39, 0.29) is 11.3 Å². The Morgan fingerprint density at radius 3 is 2.80 bits per heavy atom. The van der Waals surface area contributed by atoms with Gasteiger partial charge in [0, 0.05) is 18.4 Å². The van der Waals surface area contributed by atoms with E-state index in [0.29, 0.717) is 23.2 Å². The summed E-state index contributed by atoms with van der Waals surface area (Å²) in [6, 6.07) is 9.13. The second-order valence-corrected chi connectivity index (χ2v) is 11.3. The molecule has 0 amide bonds. The Bertz CT molecular complexity index is 1050. The summed E-state index contributed by atoms with van der Waals surface area (Å²) in [7, 11) is 0. The van der Waals surface area contributed by atoms with Crippen LogP contribution in [0, 0.1) is 34.5 Å². The summed E-state index contributed by atoms with van der Waals surface area (Å²) >= 11 is 0. The van der Waals surface area contributed by atoms with Gasteiger partial charge in [0.15, 0.2) is 0 Å². The van der Waals surface area contributed by atoms with E-state index >= 15 is 0 Å². The van der Waals surface area contributed by atoms with Crippen LogP contribution < -0.4 is 0 Å². The van der Waals surface area contributed by atoms with Crippen LogP contribution in [0.5, 0.6) is 0 Å². The monoisotopic (exact) mass is 402 g/mol. The maximum absolute atomic E-state index is 12.7. The zero-order valence-corrected chi connectivity index (χ0v) is 18.6. The van der Waals surface area contributed by atoms with E-state index in [0.717, 1.165) is 30.2 Å². The molecular formula is C27H34N2O. The molecule has 30 heavy (non-hydrogen) atoms. The molecule has 0 saturated heterocycles. The van der Waals surface area contributed by atoms with Crippen LogP contribution in [0.1, 0.15) is 71.8 Å². The molecule has 3 heteroatoms. The molecule has 0 aliphatic heterocycles. The largest absolute Gasteiger partial charge is 0.327 e. The number of imidazole rings is 1. The fourth-order valence-electron chi connectivity index (χ4n) is 8.35. The van der Waals surface area contributed by atoms with Gasteiger partial charge in [0.1, 0.15) is 5.78 Å². The first-order chi connectivity index (χ1) is 14.4. The molecule has 0 radical (unpaired) electrons. The third-order valence-electron chi connectivity index (χ3n) is 10.0. The van der Waals surface area contributed by atoms with E-state index in [1.165, 1.54) is 37.6 Å². The maximum Gasteiger partial charge on any atom is 0.136 e. The number of para-hydroxylation sites is 2. The molecule has 1 heterocycles. The van der Waals surface area contributed by atoms with Crippen LogP contribution in [-0.2, 0) is 4.79 Å². The number of hydrogen-bond acceptors (Lipinski definition) is 2. The van der Waals surface area contributed by atoms with Crippen molar-refractivity contribution in [1.82, 2.24) is 9.55 Å². The Kier molecular flexibility index (Phi) is 3.96. The first-order valence-electron chi connectivity index (χ1n) is 12.1. The van der Waals surface area contributed by atoms with Crippen molar-refractivity contribution in [2.24, 2.45) is 34.5 Å². The normalized spacial score (nSPS) is 43.1. The highest BCUT2D eigenvalue weighted by molar-refractivity contribution is 5.83. The number of rotatable bonds is 1. The molecular weight excluding hydrogens is 368 g/mol. The standard InChI is InChI=1S/C27H34N2O/c1-17-14-18-8-9-19-20-10-11-25(29-16-28-22-6-4-5-7-23(22)29)26(20,2)13-12-21(19)27(18,3)15-24(17)30/h4-8,16-17,19-21,25H,9-15H2,1-3H3. The van der Waals surface area contributed by atoms with Gasteiger partial charge in [-0.2, -0.15) is 0 Å². The smallest absolute Gasteiger partial charge is 0.136 e. The van der Waals surface area contributed by atoms with E-state index in [1.54, 1.807) is 5.57 Å². The molecule has 6 rings (SSSR count). The van der Waals surface area contributed by atoms with Crippen LogP contribution in [-0.4, -0.2) is 15.3 Å². The molecule has 7 atom stereocenters. The fourth-order valence-corrected chi connectivity index (χ4v) is 8.35. The van der Waals surface area contributed by atoms with Crippen LogP contribution >= 0.6 is 0 Å². The predicted molar refractivity (Wildman–Crippen MR) is 120 cm³/mol. The van der Waals surface area contributed by atoms with Crippen LogP contribution in [0.2, 0.25) is 0 Å². The van der Waals surface area contributed by atoms with Crippen molar-refractivity contribution < 1.29 is 4.79 Å². The number of carbonyl (C=O) groups is 1. The molecule has 0 N–H and O–H groups in total. The van der Waals surface area contributed by atoms with Gasteiger partial charge in [-0.25, -0.2) is 4.98 Å². The lowest BCUT2D eigenvalue weighted by molar-refractivity contribution is -0.129. The van der Waals surface area contributed by atoms with Gasteiger partial charge in [-0.1, -0.05) is 44.6 Å². The number of hydrogen-bond donors (Lipinski definition) is 0. The summed E-state index contributed by atoms with van der Waals surface area (Å²) in [5, 5.41) is 0. The van der Waals surface area contributed by atoms with E-state index in [9.17, 15) is 4.79 Å². The molecule has 0 spiro atoms. The van der Waals surface area contributed by atoms with Gasteiger partial charge in [0.05, 0.1) is 17.4 Å². The maximum atomic E-state index is 12.7. The van der Waals surface area contributed by atoms with E-state index in [2.05, 4.69) is 62.0 Å². The van der Waals surface area contributed by atoms with Gasteiger partial charge in [-0.05, 0) is 79.2 Å². The third kappa shape index (κ3) is 2.38. The molecule has 158 valence electrons. The summed E-state index contributed by atoms with van der Waals surface area (Å²) in [6.45, 7) is 7.12. The number of benzene rings is 1. The van der Waals surface area contributed by atoms with Gasteiger partial charge in [-0.15, -0.1) is 0 Å². The second kappa shape index (κ2) is 6.31. The van der Waals surface area contributed by atoms with Crippen LogP contribution in [0.15, 0.2) is 42.2 Å². The van der Waals surface area contributed by atoms with Gasteiger partial charge in [-0.3, -0.25) is 4.79 Å². The fraction of sp³-hybridized carbons (Fsp3) is 0.630. The van der Waals surface area contributed by atoms with E-state index in [4.69, 9.17) is 4.98 Å². The van der Waals surface area contributed by atoms with Crippen LogP contribution in [0.25, 0.3) is 11.0 Å². The van der Waals surface area contributed by atoms with Crippen molar-refractivity contribution >= 4 is 16.8 Å². The number of Topliss-reactive ketones (excluding diaryl/α,β-unsaturated/α-hetero) is 1. The number of aromatic nitrogens is 2. The number of nitrogens with zero attached hydrogens (tertiary/aromatic N) is 2. The first-order valence-corrected chi connectivity index (χ1v) is 12.1. The summed E-state index contributed by atoms with van der Waals surface area (Å²) in [5.41, 5.74) is 4.46. The Morgan fingerprint density at radius 2 is 1.93 bits per heavy atom. The Balaban J connectivity index is 1.36. The Labute approximate surface area is 179 Å². The topological polar surface area (TPSA) is 34.9 Å². The highest BCUT2D eigenvalue weighted by Gasteiger charge is 2.59. The van der Waals surface area contributed by atoms with Crippen molar-refractivity contribution in [1.29, 1.82) is 0 Å². The Hall–Kier alpha value is -1.90.